The number of likely N-dealkylation sites (N-methyl/N-ethyl adjacent to an activating group) is 1. The van der Waals surface area contributed by atoms with Gasteiger partial charge < -0.3 is 10.6 Å². The number of nitrogens with zero attached hydrogens (tertiary/aromatic N) is 1. The summed E-state index contributed by atoms with van der Waals surface area (Å²) in [6.45, 7) is 14.8. The molecule has 0 aromatic rings. The molecule has 0 fully saturated rings. The van der Waals surface area contributed by atoms with Gasteiger partial charge in [-0.3, -0.25) is 14.5 Å². The molecule has 0 saturated heterocycles. The van der Waals surface area contributed by atoms with E-state index in [1.54, 1.807) is 7.05 Å². The highest BCUT2D eigenvalue weighted by Crippen LogP contribution is 2.20. The molecule has 4 atom stereocenters. The quantitative estimate of drug-likeness (QED) is 0.227. The van der Waals surface area contributed by atoms with Gasteiger partial charge in [-0.2, -0.15) is 0 Å². The van der Waals surface area contributed by atoms with E-state index in [1.165, 1.54) is 29.4 Å². The van der Waals surface area contributed by atoms with Gasteiger partial charge in [0.05, 0.1) is 16.9 Å². The lowest BCUT2D eigenvalue weighted by molar-refractivity contribution is -0.123. The first kappa shape index (κ1) is 31.8. The van der Waals surface area contributed by atoms with Crippen molar-refractivity contribution in [3.05, 3.63) is 59.5 Å². The van der Waals surface area contributed by atoms with Crippen LogP contribution >= 0.6 is 11.6 Å². The minimum absolute atomic E-state index is 0.00583. The van der Waals surface area contributed by atoms with Crippen LogP contribution in [0.3, 0.4) is 0 Å². The molecule has 0 spiro atoms. The molecule has 2 N–H and O–H groups in total. The molecule has 4 unspecified atom stereocenters. The minimum Gasteiger partial charge on any atom is -0.359 e. The Hall–Kier alpha value is -2.18. The van der Waals surface area contributed by atoms with Crippen molar-refractivity contribution in [2.75, 3.05) is 20.6 Å². The number of amides is 2. The lowest BCUT2D eigenvalue weighted by Crippen LogP contribution is -2.41. The van der Waals surface area contributed by atoms with Crippen LogP contribution in [0.15, 0.2) is 59.5 Å². The van der Waals surface area contributed by atoms with Gasteiger partial charge in [0.1, 0.15) is 6.33 Å². The zero-order chi connectivity index (χ0) is 26.3. The normalized spacial score (nSPS) is 16.8. The average Bonchev–Trinajstić information content (AvgIpc) is 2.85. The van der Waals surface area contributed by atoms with Crippen LogP contribution in [0.4, 0.5) is 4.39 Å². The number of halogens is 2. The molecule has 0 aliphatic heterocycles. The molecule has 0 heterocycles. The highest BCUT2D eigenvalue weighted by molar-refractivity contribution is 6.31. The Morgan fingerprint density at radius 1 is 1.15 bits per heavy atom. The van der Waals surface area contributed by atoms with Crippen molar-refractivity contribution in [2.24, 2.45) is 11.8 Å². The smallest absolute Gasteiger partial charge is 0.230 e. The largest absolute Gasteiger partial charge is 0.359 e. The number of hydrogen-bond donors (Lipinski definition) is 2. The summed E-state index contributed by atoms with van der Waals surface area (Å²) in [6, 6.07) is 0.147. The molecule has 192 valence electrons. The maximum absolute atomic E-state index is 12.6. The van der Waals surface area contributed by atoms with Crippen molar-refractivity contribution in [2.45, 2.75) is 66.0 Å². The maximum atomic E-state index is 12.6. The zero-order valence-electron chi connectivity index (χ0n) is 21.8. The van der Waals surface area contributed by atoms with E-state index in [-0.39, 0.29) is 41.2 Å². The summed E-state index contributed by atoms with van der Waals surface area (Å²) >= 11 is 5.64. The van der Waals surface area contributed by atoms with Crippen LogP contribution in [0.1, 0.15) is 53.9 Å². The van der Waals surface area contributed by atoms with Crippen molar-refractivity contribution >= 4 is 23.4 Å². The third-order valence-electron chi connectivity index (χ3n) is 6.15. The number of hydrogen-bond acceptors (Lipinski definition) is 3. The first-order valence-corrected chi connectivity index (χ1v) is 12.3. The second-order valence-corrected chi connectivity index (χ2v) is 8.96. The lowest BCUT2D eigenvalue weighted by Gasteiger charge is -2.29. The minimum atomic E-state index is -0.589. The van der Waals surface area contributed by atoms with Gasteiger partial charge in [0.15, 0.2) is 0 Å². The van der Waals surface area contributed by atoms with Gasteiger partial charge >= 0.3 is 0 Å². The number of carbonyl (C=O) groups excluding carboxylic acids is 2. The molecule has 0 saturated carbocycles. The molecule has 0 bridgehead atoms. The Morgan fingerprint density at radius 3 is 2.29 bits per heavy atom. The van der Waals surface area contributed by atoms with Crippen LogP contribution in [0, 0.1) is 11.8 Å². The van der Waals surface area contributed by atoms with Gasteiger partial charge in [-0.05, 0) is 51.8 Å². The summed E-state index contributed by atoms with van der Waals surface area (Å²) in [5.74, 6) is -0.994. The van der Waals surface area contributed by atoms with Crippen LogP contribution in [0.5, 0.6) is 0 Å². The highest BCUT2D eigenvalue weighted by Gasteiger charge is 2.19. The van der Waals surface area contributed by atoms with E-state index in [1.807, 2.05) is 19.9 Å². The fourth-order valence-corrected chi connectivity index (χ4v) is 3.45. The number of nitrogens with one attached hydrogen (secondary N) is 2. The fourth-order valence-electron chi connectivity index (χ4n) is 3.38. The van der Waals surface area contributed by atoms with Crippen LogP contribution < -0.4 is 10.6 Å². The van der Waals surface area contributed by atoms with E-state index in [2.05, 4.69) is 56.0 Å². The van der Waals surface area contributed by atoms with E-state index in [0.717, 1.165) is 25.8 Å². The van der Waals surface area contributed by atoms with Crippen molar-refractivity contribution in [3.8, 4) is 0 Å². The molecule has 34 heavy (non-hydrogen) atoms. The van der Waals surface area contributed by atoms with E-state index in [4.69, 9.17) is 11.6 Å². The van der Waals surface area contributed by atoms with Crippen LogP contribution in [-0.2, 0) is 9.59 Å². The lowest BCUT2D eigenvalue weighted by atomic mass is 9.97. The van der Waals surface area contributed by atoms with Crippen molar-refractivity contribution in [1.82, 2.24) is 15.5 Å². The van der Waals surface area contributed by atoms with Gasteiger partial charge in [0.2, 0.25) is 11.8 Å². The van der Waals surface area contributed by atoms with E-state index < -0.39 is 5.92 Å². The van der Waals surface area contributed by atoms with Crippen LogP contribution in [-0.4, -0.2) is 49.4 Å². The Kier molecular flexibility index (Phi) is 16.2. The van der Waals surface area contributed by atoms with Crippen LogP contribution in [0.25, 0.3) is 0 Å². The molecule has 2 amide bonds. The first-order valence-electron chi connectivity index (χ1n) is 11.9. The summed E-state index contributed by atoms with van der Waals surface area (Å²) in [4.78, 5) is 26.8. The number of carbonyl (C=O) groups is 2. The third kappa shape index (κ3) is 11.3. The predicted molar refractivity (Wildman–Crippen MR) is 142 cm³/mol. The Bertz CT molecular complexity index is 789. The van der Waals surface area contributed by atoms with Gasteiger partial charge in [-0.15, -0.1) is 6.58 Å². The molecular weight excluding hydrogens is 453 g/mol. The van der Waals surface area contributed by atoms with E-state index in [0.29, 0.717) is 0 Å². The number of allylic oxidation sites excluding steroid dienone is 3. The monoisotopic (exact) mass is 495 g/mol. The predicted octanol–water partition coefficient (Wildman–Crippen LogP) is 5.66. The van der Waals surface area contributed by atoms with Gasteiger partial charge in [0.25, 0.3) is 0 Å². The SMILES string of the molecule is C=CC(C=C/C(Cl)=C/F)C(=O)NC(CC)CCN(C)C(C)C(/C=C\C(C)C(=O)NC)=C(\C)CC. The van der Waals surface area contributed by atoms with Gasteiger partial charge in [-0.1, -0.05) is 62.2 Å². The summed E-state index contributed by atoms with van der Waals surface area (Å²) in [7, 11) is 3.71. The fraction of sp³-hybridized carbons (Fsp3) is 0.556. The van der Waals surface area contributed by atoms with Crippen LogP contribution in [0.2, 0.25) is 0 Å². The molecule has 0 aliphatic carbocycles. The summed E-state index contributed by atoms with van der Waals surface area (Å²) in [5, 5.41) is 5.66. The standard InChI is InChI=1S/C27H43ClFN3O2/c1-9-19(4)25(15-12-20(5)26(33)30-7)21(6)32(8)17-16-24(11-3)31-27(34)22(10-2)13-14-23(28)18-29/h10,12-15,18,20-22,24H,2,9,11,16-17H2,1,3-8H3,(H,30,33)(H,31,34)/b14-13?,15-12-,23-18-,25-19+. The molecular formula is C27H43ClFN3O2. The average molecular weight is 496 g/mol. The zero-order valence-corrected chi connectivity index (χ0v) is 22.6. The molecule has 0 aliphatic rings. The van der Waals surface area contributed by atoms with Gasteiger partial charge in [-0.25, -0.2) is 4.39 Å². The molecule has 0 rings (SSSR count). The third-order valence-corrected chi connectivity index (χ3v) is 6.36. The van der Waals surface area contributed by atoms with E-state index in [9.17, 15) is 14.0 Å². The van der Waals surface area contributed by atoms with Crippen molar-refractivity contribution in [3.63, 3.8) is 0 Å². The molecule has 0 aromatic heterocycles. The summed E-state index contributed by atoms with van der Waals surface area (Å²) < 4.78 is 12.4. The molecule has 0 radical (unpaired) electrons. The molecule has 5 nitrogen and oxygen atoms in total. The second kappa shape index (κ2) is 17.3. The van der Waals surface area contributed by atoms with Crippen molar-refractivity contribution < 1.29 is 14.0 Å². The van der Waals surface area contributed by atoms with Gasteiger partial charge in [0, 0.05) is 25.7 Å². The first-order chi connectivity index (χ1) is 16.1. The molecule has 7 heteroatoms. The Balaban J connectivity index is 5.22. The highest BCUT2D eigenvalue weighted by atomic mass is 35.5. The molecule has 0 aromatic carbocycles. The topological polar surface area (TPSA) is 61.4 Å². The maximum Gasteiger partial charge on any atom is 0.230 e. The Morgan fingerprint density at radius 2 is 1.79 bits per heavy atom. The summed E-state index contributed by atoms with van der Waals surface area (Å²) in [5.41, 5.74) is 2.48. The Labute approximate surface area is 210 Å². The number of rotatable bonds is 15. The van der Waals surface area contributed by atoms with Crippen molar-refractivity contribution in [1.29, 1.82) is 0 Å². The second-order valence-electron chi connectivity index (χ2n) is 8.52. The summed E-state index contributed by atoms with van der Waals surface area (Å²) in [6.07, 6.45) is 11.2. The van der Waals surface area contributed by atoms with E-state index >= 15 is 0 Å².